The topological polar surface area (TPSA) is 95.3 Å². The van der Waals surface area contributed by atoms with Crippen LogP contribution in [0.4, 0.5) is 5.13 Å². The standard InChI is InChI=1S/C19H18N4O3S/c20-9-12-26-15-6-3-14(4-7-15)5-8-17(24)23-11-1-2-16(23)18(25)22-19-21-10-13-27-19/h3-8,10,13,16H,1-2,11-12H2,(H,21,22,25). The first-order valence-electron chi connectivity index (χ1n) is 8.46. The van der Waals surface area contributed by atoms with Gasteiger partial charge in [0, 0.05) is 24.2 Å². The van der Waals surface area contributed by atoms with Gasteiger partial charge in [-0.05, 0) is 36.6 Å². The third-order valence-electron chi connectivity index (χ3n) is 4.10. The zero-order chi connectivity index (χ0) is 19.1. The number of nitrogens with one attached hydrogen (secondary N) is 1. The van der Waals surface area contributed by atoms with E-state index in [9.17, 15) is 9.59 Å². The molecule has 27 heavy (non-hydrogen) atoms. The summed E-state index contributed by atoms with van der Waals surface area (Å²) < 4.78 is 5.19. The fourth-order valence-electron chi connectivity index (χ4n) is 2.83. The van der Waals surface area contributed by atoms with Crippen LogP contribution in [0.2, 0.25) is 0 Å². The van der Waals surface area contributed by atoms with Gasteiger partial charge in [-0.2, -0.15) is 5.26 Å². The van der Waals surface area contributed by atoms with Crippen LogP contribution in [0.15, 0.2) is 41.9 Å². The van der Waals surface area contributed by atoms with Crippen LogP contribution in [0.5, 0.6) is 5.75 Å². The number of nitriles is 1. The lowest BCUT2D eigenvalue weighted by Gasteiger charge is -2.22. The molecule has 1 unspecified atom stereocenters. The van der Waals surface area contributed by atoms with E-state index >= 15 is 0 Å². The third-order valence-corrected chi connectivity index (χ3v) is 4.79. The molecule has 1 aromatic carbocycles. The molecule has 0 aliphatic carbocycles. The summed E-state index contributed by atoms with van der Waals surface area (Å²) in [7, 11) is 0. The molecule has 1 atom stereocenters. The maximum Gasteiger partial charge on any atom is 0.248 e. The smallest absolute Gasteiger partial charge is 0.248 e. The van der Waals surface area contributed by atoms with Crippen LogP contribution in [-0.4, -0.2) is 40.9 Å². The van der Waals surface area contributed by atoms with Gasteiger partial charge in [-0.3, -0.25) is 9.59 Å². The Hall–Kier alpha value is -3.18. The molecule has 1 saturated heterocycles. The van der Waals surface area contributed by atoms with Crippen molar-refractivity contribution in [2.45, 2.75) is 18.9 Å². The van der Waals surface area contributed by atoms with E-state index in [1.54, 1.807) is 46.8 Å². The molecule has 1 aliphatic rings. The van der Waals surface area contributed by atoms with E-state index in [4.69, 9.17) is 10.00 Å². The van der Waals surface area contributed by atoms with E-state index in [1.807, 2.05) is 6.07 Å². The Balaban J connectivity index is 1.59. The zero-order valence-electron chi connectivity index (χ0n) is 14.5. The fourth-order valence-corrected chi connectivity index (χ4v) is 3.36. The maximum atomic E-state index is 12.5. The van der Waals surface area contributed by atoms with Crippen molar-refractivity contribution in [3.8, 4) is 11.8 Å². The normalized spacial score (nSPS) is 16.3. The average molecular weight is 382 g/mol. The third kappa shape index (κ3) is 4.92. The van der Waals surface area contributed by atoms with Crippen molar-refractivity contribution in [3.63, 3.8) is 0 Å². The van der Waals surface area contributed by atoms with Gasteiger partial charge in [-0.25, -0.2) is 4.98 Å². The lowest BCUT2D eigenvalue weighted by atomic mass is 10.2. The number of aromatic nitrogens is 1. The highest BCUT2D eigenvalue weighted by Crippen LogP contribution is 2.21. The highest BCUT2D eigenvalue weighted by molar-refractivity contribution is 7.13. The number of carbonyl (C=O) groups excluding carboxylic acids is 2. The van der Waals surface area contributed by atoms with Gasteiger partial charge in [0.15, 0.2) is 11.7 Å². The molecule has 1 aromatic heterocycles. The summed E-state index contributed by atoms with van der Waals surface area (Å²) in [6, 6.07) is 8.50. The number of ether oxygens (including phenoxy) is 1. The van der Waals surface area contributed by atoms with Gasteiger partial charge in [0.05, 0.1) is 0 Å². The number of carbonyl (C=O) groups is 2. The van der Waals surface area contributed by atoms with E-state index < -0.39 is 6.04 Å². The molecule has 2 heterocycles. The fraction of sp³-hybridized carbons (Fsp3) is 0.263. The summed E-state index contributed by atoms with van der Waals surface area (Å²) in [6.45, 7) is 0.549. The second-order valence-electron chi connectivity index (χ2n) is 5.87. The van der Waals surface area contributed by atoms with Gasteiger partial charge < -0.3 is 15.0 Å². The number of thiazole rings is 1. The number of anilines is 1. The molecule has 1 aliphatic heterocycles. The molecular formula is C19H18N4O3S. The molecule has 8 heteroatoms. The van der Waals surface area contributed by atoms with Crippen LogP contribution in [0, 0.1) is 11.3 Å². The molecule has 1 N–H and O–H groups in total. The summed E-state index contributed by atoms with van der Waals surface area (Å²) in [5.74, 6) is 0.193. The quantitative estimate of drug-likeness (QED) is 0.775. The Morgan fingerprint density at radius 3 is 2.93 bits per heavy atom. The predicted octanol–water partition coefficient (Wildman–Crippen LogP) is 2.69. The molecule has 138 valence electrons. The number of benzene rings is 1. The van der Waals surface area contributed by atoms with Gasteiger partial charge in [0.1, 0.15) is 17.9 Å². The van der Waals surface area contributed by atoms with Gasteiger partial charge in [0.2, 0.25) is 11.8 Å². The number of hydrogen-bond donors (Lipinski definition) is 1. The Bertz CT molecular complexity index is 856. The molecule has 0 bridgehead atoms. The van der Waals surface area contributed by atoms with E-state index in [0.29, 0.717) is 23.8 Å². The molecular weight excluding hydrogens is 364 g/mol. The van der Waals surface area contributed by atoms with E-state index in [-0.39, 0.29) is 18.4 Å². The Kier molecular flexibility index (Phi) is 6.18. The molecule has 1 fully saturated rings. The maximum absolute atomic E-state index is 12.5. The number of nitrogens with zero attached hydrogens (tertiary/aromatic N) is 3. The van der Waals surface area contributed by atoms with Crippen LogP contribution in [0.25, 0.3) is 6.08 Å². The van der Waals surface area contributed by atoms with Crippen molar-refractivity contribution in [1.82, 2.24) is 9.88 Å². The second-order valence-corrected chi connectivity index (χ2v) is 6.76. The molecule has 0 radical (unpaired) electrons. The summed E-state index contributed by atoms with van der Waals surface area (Å²) in [6.07, 6.45) is 6.23. The summed E-state index contributed by atoms with van der Waals surface area (Å²) in [4.78, 5) is 30.6. The molecule has 2 amide bonds. The minimum absolute atomic E-state index is 0.00687. The number of likely N-dealkylation sites (tertiary alicyclic amines) is 1. The average Bonchev–Trinajstić information content (AvgIpc) is 3.37. The van der Waals surface area contributed by atoms with E-state index in [1.165, 1.54) is 17.4 Å². The van der Waals surface area contributed by atoms with Crippen molar-refractivity contribution in [2.75, 3.05) is 18.5 Å². The lowest BCUT2D eigenvalue weighted by molar-refractivity contribution is -0.132. The molecule has 2 aromatic rings. The van der Waals surface area contributed by atoms with Gasteiger partial charge in [0.25, 0.3) is 0 Å². The van der Waals surface area contributed by atoms with Gasteiger partial charge in [-0.1, -0.05) is 12.1 Å². The van der Waals surface area contributed by atoms with Gasteiger partial charge >= 0.3 is 0 Å². The first kappa shape index (κ1) is 18.6. The van der Waals surface area contributed by atoms with Crippen molar-refractivity contribution in [2.24, 2.45) is 0 Å². The van der Waals surface area contributed by atoms with Crippen molar-refractivity contribution >= 4 is 34.4 Å². The van der Waals surface area contributed by atoms with Crippen LogP contribution in [0.1, 0.15) is 18.4 Å². The van der Waals surface area contributed by atoms with Crippen LogP contribution in [0.3, 0.4) is 0 Å². The highest BCUT2D eigenvalue weighted by atomic mass is 32.1. The largest absolute Gasteiger partial charge is 0.479 e. The molecule has 0 spiro atoms. The lowest BCUT2D eigenvalue weighted by Crippen LogP contribution is -2.42. The SMILES string of the molecule is N#CCOc1ccc(C=CC(=O)N2CCCC2C(=O)Nc2nccs2)cc1. The molecule has 0 saturated carbocycles. The first-order valence-corrected chi connectivity index (χ1v) is 9.34. The van der Waals surface area contributed by atoms with E-state index in [2.05, 4.69) is 10.3 Å². The zero-order valence-corrected chi connectivity index (χ0v) is 15.3. The predicted molar refractivity (Wildman–Crippen MR) is 102 cm³/mol. The molecule has 3 rings (SSSR count). The summed E-state index contributed by atoms with van der Waals surface area (Å²) in [5, 5.41) is 13.6. The Morgan fingerprint density at radius 2 is 2.22 bits per heavy atom. The van der Waals surface area contributed by atoms with Crippen molar-refractivity contribution in [3.05, 3.63) is 47.5 Å². The summed E-state index contributed by atoms with van der Waals surface area (Å²) >= 11 is 1.34. The molecule has 7 nitrogen and oxygen atoms in total. The van der Waals surface area contributed by atoms with E-state index in [0.717, 1.165) is 12.0 Å². The number of rotatable bonds is 6. The summed E-state index contributed by atoms with van der Waals surface area (Å²) in [5.41, 5.74) is 0.829. The first-order chi connectivity index (χ1) is 13.2. The van der Waals surface area contributed by atoms with Crippen molar-refractivity contribution < 1.29 is 14.3 Å². The monoisotopic (exact) mass is 382 g/mol. The minimum atomic E-state index is -0.479. The second kappa shape index (κ2) is 8.96. The van der Waals surface area contributed by atoms with Crippen molar-refractivity contribution in [1.29, 1.82) is 5.26 Å². The van der Waals surface area contributed by atoms with Crippen LogP contribution < -0.4 is 10.1 Å². The van der Waals surface area contributed by atoms with Gasteiger partial charge in [-0.15, -0.1) is 11.3 Å². The number of hydrogen-bond acceptors (Lipinski definition) is 6. The Morgan fingerprint density at radius 1 is 1.41 bits per heavy atom. The van der Waals surface area contributed by atoms with Crippen LogP contribution >= 0.6 is 11.3 Å². The van der Waals surface area contributed by atoms with Crippen LogP contribution in [-0.2, 0) is 9.59 Å². The minimum Gasteiger partial charge on any atom is -0.479 e. The Labute approximate surface area is 160 Å². The number of amides is 2. The highest BCUT2D eigenvalue weighted by Gasteiger charge is 2.33.